The molecule has 0 heterocycles. The number of rotatable bonds is 5. The van der Waals surface area contributed by atoms with Crippen LogP contribution in [-0.2, 0) is 13.6 Å². The molecule has 4 nitrogen and oxygen atoms in total. The summed E-state index contributed by atoms with van der Waals surface area (Å²) in [7, 11) is -0.931. The second-order valence-electron chi connectivity index (χ2n) is 4.29. The van der Waals surface area contributed by atoms with Crippen LogP contribution >= 0.6 is 7.82 Å². The maximum Gasteiger partial charge on any atom is 0.529 e. The number of aryl methyl sites for hydroxylation is 1. The molecule has 0 bridgehead atoms. The van der Waals surface area contributed by atoms with Gasteiger partial charge in [0.2, 0.25) is 0 Å². The van der Waals surface area contributed by atoms with Crippen molar-refractivity contribution in [3.63, 3.8) is 0 Å². The first-order chi connectivity index (χ1) is 9.56. The third kappa shape index (κ3) is 3.48. The minimum absolute atomic E-state index is 0.438. The van der Waals surface area contributed by atoms with Gasteiger partial charge in [0.15, 0.2) is 0 Å². The molecule has 20 heavy (non-hydrogen) atoms. The zero-order chi connectivity index (χ0) is 14.6. The third-order valence-corrected chi connectivity index (χ3v) is 4.23. The molecule has 0 aromatic heterocycles. The Balaban J connectivity index is 2.18. The van der Waals surface area contributed by atoms with Gasteiger partial charge in [-0.3, -0.25) is 9.05 Å². The van der Waals surface area contributed by atoms with Crippen LogP contribution in [0.15, 0.2) is 48.5 Å². The van der Waals surface area contributed by atoms with E-state index in [2.05, 4.69) is 24.3 Å². The lowest BCUT2D eigenvalue weighted by molar-refractivity contribution is 0.211. The summed E-state index contributed by atoms with van der Waals surface area (Å²) >= 11 is 0. The maximum atomic E-state index is 11.8. The Labute approximate surface area is 118 Å². The van der Waals surface area contributed by atoms with Gasteiger partial charge in [0.25, 0.3) is 0 Å². The summed E-state index contributed by atoms with van der Waals surface area (Å²) in [6, 6.07) is 15.5. The van der Waals surface area contributed by atoms with Crippen molar-refractivity contribution in [3.05, 3.63) is 54.1 Å². The second kappa shape index (κ2) is 6.23. The van der Waals surface area contributed by atoms with E-state index in [1.165, 1.54) is 19.8 Å². The van der Waals surface area contributed by atoms with Crippen molar-refractivity contribution in [2.75, 3.05) is 14.2 Å². The number of hydrogen-bond acceptors (Lipinski definition) is 4. The van der Waals surface area contributed by atoms with E-state index in [0.717, 1.165) is 11.1 Å². The van der Waals surface area contributed by atoms with E-state index in [0.29, 0.717) is 5.75 Å². The maximum absolute atomic E-state index is 11.8. The number of phosphoric ester groups is 1. The summed E-state index contributed by atoms with van der Waals surface area (Å²) < 4.78 is 26.5. The van der Waals surface area contributed by atoms with Gasteiger partial charge in [-0.15, -0.1) is 0 Å². The van der Waals surface area contributed by atoms with E-state index in [-0.39, 0.29) is 0 Å². The van der Waals surface area contributed by atoms with Crippen molar-refractivity contribution in [1.29, 1.82) is 0 Å². The fourth-order valence-corrected chi connectivity index (χ4v) is 2.41. The molecule has 0 spiro atoms. The van der Waals surface area contributed by atoms with Gasteiger partial charge >= 0.3 is 7.82 Å². The zero-order valence-electron chi connectivity index (χ0n) is 11.7. The molecule has 0 unspecified atom stereocenters. The highest BCUT2D eigenvalue weighted by atomic mass is 31.2. The highest BCUT2D eigenvalue weighted by molar-refractivity contribution is 7.48. The molecule has 0 saturated carbocycles. The molecule has 2 aromatic carbocycles. The topological polar surface area (TPSA) is 44.8 Å². The first kappa shape index (κ1) is 14.8. The Kier molecular flexibility index (Phi) is 4.61. The van der Waals surface area contributed by atoms with Gasteiger partial charge in [0, 0.05) is 14.2 Å². The van der Waals surface area contributed by atoms with Crippen molar-refractivity contribution in [3.8, 4) is 16.9 Å². The monoisotopic (exact) mass is 292 g/mol. The predicted octanol–water partition coefficient (Wildman–Crippen LogP) is 4.44. The molecule has 0 saturated heterocycles. The molecule has 5 heteroatoms. The summed E-state index contributed by atoms with van der Waals surface area (Å²) in [4.78, 5) is 0. The SMILES string of the molecule is COP(=O)(OC)Oc1ccc(-c2ccc(C)cc2)cc1. The molecule has 0 fully saturated rings. The lowest BCUT2D eigenvalue weighted by Gasteiger charge is -2.14. The Morgan fingerprint density at radius 2 is 1.25 bits per heavy atom. The molecule has 0 N–H and O–H groups in total. The summed E-state index contributed by atoms with van der Waals surface area (Å²) in [5.41, 5.74) is 3.39. The average Bonchev–Trinajstić information content (AvgIpc) is 2.49. The molecule has 0 amide bonds. The van der Waals surface area contributed by atoms with Gasteiger partial charge in [-0.25, -0.2) is 4.57 Å². The molecule has 106 valence electrons. The highest BCUT2D eigenvalue weighted by Crippen LogP contribution is 2.47. The van der Waals surface area contributed by atoms with Crippen LogP contribution < -0.4 is 4.52 Å². The van der Waals surface area contributed by atoms with Gasteiger partial charge in [-0.2, -0.15) is 0 Å². The van der Waals surface area contributed by atoms with Crippen LogP contribution in [0.5, 0.6) is 5.75 Å². The van der Waals surface area contributed by atoms with Gasteiger partial charge in [-0.1, -0.05) is 42.0 Å². The predicted molar refractivity (Wildman–Crippen MR) is 78.9 cm³/mol. The molecule has 2 rings (SSSR count). The van der Waals surface area contributed by atoms with Crippen LogP contribution in [-0.4, -0.2) is 14.2 Å². The summed E-state index contributed by atoms with van der Waals surface area (Å²) in [5, 5.41) is 0. The molecule has 0 aliphatic rings. The Morgan fingerprint density at radius 3 is 1.70 bits per heavy atom. The van der Waals surface area contributed by atoms with Crippen LogP contribution in [0.3, 0.4) is 0 Å². The molecular formula is C15H17O4P. The number of phosphoric acid groups is 1. The largest absolute Gasteiger partial charge is 0.529 e. The first-order valence-corrected chi connectivity index (χ1v) is 7.60. The average molecular weight is 292 g/mol. The van der Waals surface area contributed by atoms with E-state index in [4.69, 9.17) is 13.6 Å². The summed E-state index contributed by atoms with van der Waals surface area (Å²) in [5.74, 6) is 0.438. The normalized spacial score (nSPS) is 11.3. The second-order valence-corrected chi connectivity index (χ2v) is 6.10. The minimum atomic E-state index is -3.50. The van der Waals surface area contributed by atoms with E-state index in [9.17, 15) is 4.57 Å². The van der Waals surface area contributed by atoms with Crippen LogP contribution in [0.2, 0.25) is 0 Å². The highest BCUT2D eigenvalue weighted by Gasteiger charge is 2.24. The van der Waals surface area contributed by atoms with Gasteiger partial charge in [0.1, 0.15) is 5.75 Å². The van der Waals surface area contributed by atoms with Crippen molar-refractivity contribution >= 4 is 7.82 Å². The quantitative estimate of drug-likeness (QED) is 0.764. The van der Waals surface area contributed by atoms with Gasteiger partial charge in [0.05, 0.1) is 0 Å². The number of benzene rings is 2. The molecule has 0 radical (unpaired) electrons. The summed E-state index contributed by atoms with van der Waals surface area (Å²) in [6.45, 7) is 2.05. The van der Waals surface area contributed by atoms with E-state index < -0.39 is 7.82 Å². The first-order valence-electron chi connectivity index (χ1n) is 6.14. The summed E-state index contributed by atoms with van der Waals surface area (Å²) in [6.07, 6.45) is 0. The third-order valence-electron chi connectivity index (χ3n) is 2.90. The van der Waals surface area contributed by atoms with E-state index >= 15 is 0 Å². The molecular weight excluding hydrogens is 275 g/mol. The van der Waals surface area contributed by atoms with Crippen molar-refractivity contribution in [1.82, 2.24) is 0 Å². The Bertz CT molecular complexity index is 597. The Hall–Kier alpha value is -1.61. The van der Waals surface area contributed by atoms with Gasteiger partial charge in [-0.05, 0) is 30.2 Å². The van der Waals surface area contributed by atoms with Gasteiger partial charge < -0.3 is 4.52 Å². The fourth-order valence-electron chi connectivity index (χ4n) is 1.73. The van der Waals surface area contributed by atoms with Crippen LogP contribution in [0.4, 0.5) is 0 Å². The van der Waals surface area contributed by atoms with Crippen molar-refractivity contribution in [2.45, 2.75) is 6.92 Å². The lowest BCUT2D eigenvalue weighted by Crippen LogP contribution is -1.96. The minimum Gasteiger partial charge on any atom is -0.404 e. The zero-order valence-corrected chi connectivity index (χ0v) is 12.6. The lowest BCUT2D eigenvalue weighted by atomic mass is 10.0. The van der Waals surface area contributed by atoms with Crippen molar-refractivity contribution in [2.24, 2.45) is 0 Å². The molecule has 0 aliphatic carbocycles. The molecule has 2 aromatic rings. The fraction of sp³-hybridized carbons (Fsp3) is 0.200. The van der Waals surface area contributed by atoms with Crippen LogP contribution in [0, 0.1) is 6.92 Å². The Morgan fingerprint density at radius 1 is 0.800 bits per heavy atom. The smallest absolute Gasteiger partial charge is 0.404 e. The standard InChI is InChI=1S/C15H17O4P/c1-12-4-6-13(7-5-12)14-8-10-15(11-9-14)19-20(16,17-2)18-3/h4-11H,1-3H3. The van der Waals surface area contributed by atoms with Crippen LogP contribution in [0.1, 0.15) is 5.56 Å². The molecule has 0 atom stereocenters. The van der Waals surface area contributed by atoms with E-state index in [1.807, 2.05) is 19.1 Å². The molecule has 0 aliphatic heterocycles. The van der Waals surface area contributed by atoms with Crippen LogP contribution in [0.25, 0.3) is 11.1 Å². The number of hydrogen-bond donors (Lipinski definition) is 0. The van der Waals surface area contributed by atoms with Crippen molar-refractivity contribution < 1.29 is 18.1 Å². The van der Waals surface area contributed by atoms with E-state index in [1.54, 1.807) is 12.1 Å².